The van der Waals surface area contributed by atoms with Gasteiger partial charge in [-0.1, -0.05) is 31.9 Å². The average molecular weight is 383 g/mol. The number of halogens is 3. The summed E-state index contributed by atoms with van der Waals surface area (Å²) in [5.74, 6) is -0.771. The van der Waals surface area contributed by atoms with Gasteiger partial charge in [0.1, 0.15) is 0 Å². The van der Waals surface area contributed by atoms with Crippen LogP contribution in [0.5, 0.6) is 0 Å². The predicted molar refractivity (Wildman–Crippen MR) is 95.6 cm³/mol. The quantitative estimate of drug-likeness (QED) is 0.608. The molecule has 3 atom stereocenters. The van der Waals surface area contributed by atoms with Crippen LogP contribution < -0.4 is 5.32 Å². The zero-order chi connectivity index (χ0) is 20.0. The van der Waals surface area contributed by atoms with Crippen molar-refractivity contribution in [3.8, 4) is 0 Å². The second-order valence-electron chi connectivity index (χ2n) is 6.91. The van der Waals surface area contributed by atoms with Gasteiger partial charge in [0.15, 0.2) is 6.10 Å². The number of benzene rings is 1. The number of amides is 1. The van der Waals surface area contributed by atoms with Crippen molar-refractivity contribution < 1.29 is 27.5 Å². The molecule has 0 bridgehead atoms. The minimum atomic E-state index is -4.45. The number of hydrogen-bond donors (Lipinski definition) is 1. The first-order valence-electron chi connectivity index (χ1n) is 9.03. The molecule has 1 aliphatic carbocycles. The number of hydrogen-bond acceptors (Lipinski definition) is 3. The van der Waals surface area contributed by atoms with Gasteiger partial charge in [-0.05, 0) is 49.5 Å². The summed E-state index contributed by atoms with van der Waals surface area (Å²) in [5.41, 5.74) is -0.581. The monoisotopic (exact) mass is 383 g/mol. The fourth-order valence-electron chi connectivity index (χ4n) is 3.08. The van der Waals surface area contributed by atoms with Gasteiger partial charge in [-0.15, -0.1) is 0 Å². The molecule has 0 radical (unpaired) electrons. The Morgan fingerprint density at radius 3 is 2.63 bits per heavy atom. The number of alkyl halides is 3. The molecule has 0 aromatic heterocycles. The molecule has 0 spiro atoms. The van der Waals surface area contributed by atoms with Gasteiger partial charge in [0, 0.05) is 12.1 Å². The molecule has 1 fully saturated rings. The van der Waals surface area contributed by atoms with Gasteiger partial charge in [-0.2, -0.15) is 13.2 Å². The van der Waals surface area contributed by atoms with E-state index in [0.29, 0.717) is 5.92 Å². The molecule has 1 aliphatic rings. The van der Waals surface area contributed by atoms with Crippen molar-refractivity contribution in [1.29, 1.82) is 0 Å². The van der Waals surface area contributed by atoms with E-state index in [2.05, 4.69) is 12.2 Å². The van der Waals surface area contributed by atoms with Crippen LogP contribution in [0, 0.1) is 5.92 Å². The van der Waals surface area contributed by atoms with Crippen molar-refractivity contribution >= 4 is 18.0 Å². The lowest BCUT2D eigenvalue weighted by atomic mass is 9.86. The topological polar surface area (TPSA) is 55.4 Å². The Balaban J connectivity index is 1.89. The summed E-state index contributed by atoms with van der Waals surface area (Å²) in [6.07, 6.45) is 0.989. The zero-order valence-electron chi connectivity index (χ0n) is 15.4. The fraction of sp³-hybridized carbons (Fsp3) is 0.500. The molecular weight excluding hydrogens is 359 g/mol. The lowest BCUT2D eigenvalue weighted by molar-refractivity contribution is -0.150. The molecule has 7 heteroatoms. The third kappa shape index (κ3) is 6.41. The Bertz CT molecular complexity index is 700. The zero-order valence-corrected chi connectivity index (χ0v) is 15.4. The van der Waals surface area contributed by atoms with Crippen LogP contribution in [0.3, 0.4) is 0 Å². The highest BCUT2D eigenvalue weighted by Crippen LogP contribution is 2.29. The molecule has 2 rings (SSSR count). The largest absolute Gasteiger partial charge is 0.449 e. The van der Waals surface area contributed by atoms with Crippen LogP contribution in [0.2, 0.25) is 0 Å². The summed E-state index contributed by atoms with van der Waals surface area (Å²) in [7, 11) is 0. The van der Waals surface area contributed by atoms with Gasteiger partial charge in [0.05, 0.1) is 5.56 Å². The molecule has 1 N–H and O–H groups in total. The molecule has 0 saturated heterocycles. The maximum Gasteiger partial charge on any atom is 0.416 e. The predicted octanol–water partition coefficient (Wildman–Crippen LogP) is 4.35. The first-order chi connectivity index (χ1) is 12.7. The molecule has 0 aliphatic heterocycles. The van der Waals surface area contributed by atoms with Crippen LogP contribution in [0.1, 0.15) is 50.7 Å². The van der Waals surface area contributed by atoms with Crippen molar-refractivity contribution in [2.24, 2.45) is 5.92 Å². The van der Waals surface area contributed by atoms with Gasteiger partial charge < -0.3 is 10.1 Å². The Kier molecular flexibility index (Phi) is 7.05. The van der Waals surface area contributed by atoms with Crippen molar-refractivity contribution in [3.63, 3.8) is 0 Å². The molecule has 4 nitrogen and oxygen atoms in total. The molecule has 27 heavy (non-hydrogen) atoms. The second kappa shape index (κ2) is 9.06. The maximum atomic E-state index is 12.7. The lowest BCUT2D eigenvalue weighted by Crippen LogP contribution is -2.45. The molecule has 0 unspecified atom stereocenters. The first-order valence-corrected chi connectivity index (χ1v) is 9.03. The summed E-state index contributed by atoms with van der Waals surface area (Å²) in [6, 6.07) is 4.67. The highest BCUT2D eigenvalue weighted by atomic mass is 19.4. The molecule has 1 saturated carbocycles. The molecule has 0 heterocycles. The Morgan fingerprint density at radius 1 is 1.26 bits per heavy atom. The van der Waals surface area contributed by atoms with Crippen molar-refractivity contribution in [1.82, 2.24) is 5.32 Å². The fourth-order valence-corrected chi connectivity index (χ4v) is 3.08. The van der Waals surface area contributed by atoms with E-state index in [1.165, 1.54) is 25.1 Å². The van der Waals surface area contributed by atoms with Crippen LogP contribution in [-0.4, -0.2) is 24.0 Å². The molecular formula is C20H24F3NO3. The number of esters is 1. The standard InChI is InChI=1S/C20H24F3NO3/c1-13-6-3-4-9-17(13)24-19(26)14(2)27-18(25)11-10-15-7-5-8-16(12-15)20(21,22)23/h5,7-8,10-14,17H,3-4,6,9H2,1-2H3,(H,24,26)/b11-10+/t13-,14-,17-/m1/s1. The summed E-state index contributed by atoms with van der Waals surface area (Å²) in [6.45, 7) is 3.55. The van der Waals surface area contributed by atoms with Crippen LogP contribution in [0.25, 0.3) is 6.08 Å². The number of rotatable bonds is 5. The summed E-state index contributed by atoms with van der Waals surface area (Å²) < 4.78 is 43.1. The van der Waals surface area contributed by atoms with E-state index in [0.717, 1.165) is 43.9 Å². The van der Waals surface area contributed by atoms with E-state index < -0.39 is 23.8 Å². The van der Waals surface area contributed by atoms with Crippen LogP contribution in [0.4, 0.5) is 13.2 Å². The van der Waals surface area contributed by atoms with E-state index in [1.54, 1.807) is 0 Å². The van der Waals surface area contributed by atoms with E-state index in [-0.39, 0.29) is 17.5 Å². The van der Waals surface area contributed by atoms with E-state index in [1.807, 2.05) is 0 Å². The molecule has 1 aromatic rings. The second-order valence-corrected chi connectivity index (χ2v) is 6.91. The van der Waals surface area contributed by atoms with Crippen LogP contribution in [-0.2, 0) is 20.5 Å². The normalized spacial score (nSPS) is 21.7. The lowest BCUT2D eigenvalue weighted by Gasteiger charge is -2.30. The average Bonchev–Trinajstić information content (AvgIpc) is 2.61. The highest BCUT2D eigenvalue weighted by Gasteiger charge is 2.30. The summed E-state index contributed by atoms with van der Waals surface area (Å²) >= 11 is 0. The number of ether oxygens (including phenoxy) is 1. The van der Waals surface area contributed by atoms with Crippen LogP contribution in [0.15, 0.2) is 30.3 Å². The first kappa shape index (κ1) is 21.0. The van der Waals surface area contributed by atoms with Crippen molar-refractivity contribution in [2.45, 2.75) is 57.9 Å². The van der Waals surface area contributed by atoms with Crippen LogP contribution >= 0.6 is 0 Å². The van der Waals surface area contributed by atoms with Crippen molar-refractivity contribution in [3.05, 3.63) is 41.5 Å². The molecule has 148 valence electrons. The smallest absolute Gasteiger partial charge is 0.416 e. The molecule has 1 amide bonds. The SMILES string of the molecule is C[C@@H]1CCCC[C@H]1NC(=O)[C@@H](C)OC(=O)/C=C/c1cccc(C(F)(F)F)c1. The van der Waals surface area contributed by atoms with Gasteiger partial charge in [0.25, 0.3) is 5.91 Å². The minimum absolute atomic E-state index is 0.0769. The van der Waals surface area contributed by atoms with Gasteiger partial charge in [0.2, 0.25) is 0 Å². The molecule has 1 aromatic carbocycles. The summed E-state index contributed by atoms with van der Waals surface area (Å²) in [4.78, 5) is 24.0. The minimum Gasteiger partial charge on any atom is -0.449 e. The Morgan fingerprint density at radius 2 is 1.96 bits per heavy atom. The van der Waals surface area contributed by atoms with E-state index in [9.17, 15) is 22.8 Å². The highest BCUT2D eigenvalue weighted by molar-refractivity contribution is 5.90. The number of nitrogens with one attached hydrogen (secondary N) is 1. The maximum absolute atomic E-state index is 12.7. The van der Waals surface area contributed by atoms with E-state index in [4.69, 9.17) is 4.74 Å². The third-order valence-electron chi connectivity index (χ3n) is 4.73. The van der Waals surface area contributed by atoms with Crippen molar-refractivity contribution in [2.75, 3.05) is 0 Å². The summed E-state index contributed by atoms with van der Waals surface area (Å²) in [5, 5.41) is 2.91. The van der Waals surface area contributed by atoms with Gasteiger partial charge in [-0.3, -0.25) is 4.79 Å². The van der Waals surface area contributed by atoms with Gasteiger partial charge in [-0.25, -0.2) is 4.79 Å². The number of carbonyl (C=O) groups excluding carboxylic acids is 2. The number of carbonyl (C=O) groups is 2. The third-order valence-corrected chi connectivity index (χ3v) is 4.73. The van der Waals surface area contributed by atoms with E-state index >= 15 is 0 Å². The Labute approximate surface area is 156 Å². The van der Waals surface area contributed by atoms with Gasteiger partial charge >= 0.3 is 12.1 Å². The Hall–Kier alpha value is -2.31.